The predicted octanol–water partition coefficient (Wildman–Crippen LogP) is 2.51. The Balaban J connectivity index is 3.33. The van der Waals surface area contributed by atoms with Crippen LogP contribution in [-0.4, -0.2) is 32.4 Å². The summed E-state index contributed by atoms with van der Waals surface area (Å²) in [4.78, 5) is 0.271. The first kappa shape index (κ1) is 18.2. The van der Waals surface area contributed by atoms with Gasteiger partial charge in [0.25, 0.3) is 0 Å². The third kappa shape index (κ3) is 4.30. The van der Waals surface area contributed by atoms with Crippen LogP contribution >= 0.6 is 15.9 Å². The Morgan fingerprint density at radius 2 is 2.05 bits per heavy atom. The highest BCUT2D eigenvalue weighted by molar-refractivity contribution is 9.10. The largest absolute Gasteiger partial charge is 0.313 e. The van der Waals surface area contributed by atoms with Gasteiger partial charge >= 0.3 is 0 Å². The Morgan fingerprint density at radius 3 is 2.57 bits per heavy atom. The van der Waals surface area contributed by atoms with Crippen molar-refractivity contribution in [1.82, 2.24) is 9.62 Å². The van der Waals surface area contributed by atoms with Crippen molar-refractivity contribution in [2.45, 2.75) is 32.2 Å². The summed E-state index contributed by atoms with van der Waals surface area (Å²) in [5, 5.41) is 3.20. The standard InChI is InChI=1S/C15H21BrN2O2S/c1-5-8-18(7-3)21(19,20)14-10-13(11-17-6-2)9-12(4)15(14)16/h1,9-10,17H,6-8,11H2,2-4H3. The Labute approximate surface area is 136 Å². The first-order valence-corrected chi connectivity index (χ1v) is 9.05. The third-order valence-electron chi connectivity index (χ3n) is 3.10. The predicted molar refractivity (Wildman–Crippen MR) is 89.5 cm³/mol. The van der Waals surface area contributed by atoms with E-state index in [1.165, 1.54) is 4.31 Å². The number of hydrogen-bond donors (Lipinski definition) is 1. The Hall–Kier alpha value is -0.870. The van der Waals surface area contributed by atoms with Gasteiger partial charge in [-0.3, -0.25) is 0 Å². The summed E-state index contributed by atoms with van der Waals surface area (Å²) in [6.45, 7) is 7.55. The fraction of sp³-hybridized carbons (Fsp3) is 0.467. The van der Waals surface area contributed by atoms with E-state index in [0.717, 1.165) is 17.7 Å². The van der Waals surface area contributed by atoms with Crippen molar-refractivity contribution in [3.63, 3.8) is 0 Å². The van der Waals surface area contributed by atoms with Crippen LogP contribution < -0.4 is 5.32 Å². The average molecular weight is 373 g/mol. The molecule has 0 saturated heterocycles. The molecule has 21 heavy (non-hydrogen) atoms. The van der Waals surface area contributed by atoms with Crippen LogP contribution in [0.4, 0.5) is 0 Å². The molecule has 0 spiro atoms. The molecule has 0 aromatic heterocycles. The molecule has 0 fully saturated rings. The van der Waals surface area contributed by atoms with Crippen molar-refractivity contribution in [2.24, 2.45) is 0 Å². The average Bonchev–Trinajstić information content (AvgIpc) is 2.45. The van der Waals surface area contributed by atoms with E-state index in [4.69, 9.17) is 6.42 Å². The van der Waals surface area contributed by atoms with Gasteiger partial charge in [-0.15, -0.1) is 6.42 Å². The van der Waals surface area contributed by atoms with Crippen molar-refractivity contribution >= 4 is 26.0 Å². The molecule has 0 bridgehead atoms. The number of halogens is 1. The van der Waals surface area contributed by atoms with Gasteiger partial charge in [0.1, 0.15) is 0 Å². The van der Waals surface area contributed by atoms with E-state index in [0.29, 0.717) is 17.6 Å². The monoisotopic (exact) mass is 372 g/mol. The summed E-state index contributed by atoms with van der Waals surface area (Å²) in [6.07, 6.45) is 5.27. The molecule has 0 aliphatic heterocycles. The van der Waals surface area contributed by atoms with Crippen LogP contribution in [0.5, 0.6) is 0 Å². The highest BCUT2D eigenvalue weighted by Gasteiger charge is 2.26. The number of aryl methyl sites for hydroxylation is 1. The molecule has 1 rings (SSSR count). The summed E-state index contributed by atoms with van der Waals surface area (Å²) >= 11 is 3.39. The van der Waals surface area contributed by atoms with Crippen LogP contribution in [0.15, 0.2) is 21.5 Å². The first-order valence-electron chi connectivity index (χ1n) is 6.81. The molecule has 0 radical (unpaired) electrons. The molecule has 0 saturated carbocycles. The van der Waals surface area contributed by atoms with Crippen LogP contribution in [0, 0.1) is 19.3 Å². The van der Waals surface area contributed by atoms with E-state index in [2.05, 4.69) is 27.2 Å². The van der Waals surface area contributed by atoms with Crippen molar-refractivity contribution < 1.29 is 8.42 Å². The maximum Gasteiger partial charge on any atom is 0.245 e. The highest BCUT2D eigenvalue weighted by atomic mass is 79.9. The lowest BCUT2D eigenvalue weighted by molar-refractivity contribution is 0.463. The molecular formula is C15H21BrN2O2S. The second kappa shape index (κ2) is 7.95. The molecular weight excluding hydrogens is 352 g/mol. The molecule has 0 aliphatic rings. The van der Waals surface area contributed by atoms with Crippen LogP contribution in [0.1, 0.15) is 25.0 Å². The maximum absolute atomic E-state index is 12.7. The minimum atomic E-state index is -3.60. The lowest BCUT2D eigenvalue weighted by atomic mass is 10.1. The van der Waals surface area contributed by atoms with E-state index >= 15 is 0 Å². The van der Waals surface area contributed by atoms with Crippen LogP contribution in [-0.2, 0) is 16.6 Å². The zero-order valence-electron chi connectivity index (χ0n) is 12.6. The summed E-state index contributed by atoms with van der Waals surface area (Å²) < 4.78 is 27.4. The smallest absolute Gasteiger partial charge is 0.245 e. The Kier molecular flexibility index (Phi) is 6.88. The van der Waals surface area contributed by atoms with Gasteiger partial charge in [-0.1, -0.05) is 25.8 Å². The molecule has 0 atom stereocenters. The van der Waals surface area contributed by atoms with E-state index < -0.39 is 10.0 Å². The molecule has 1 N–H and O–H groups in total. The van der Waals surface area contributed by atoms with Crippen molar-refractivity contribution in [1.29, 1.82) is 0 Å². The number of benzene rings is 1. The van der Waals surface area contributed by atoms with Crippen LogP contribution in [0.25, 0.3) is 0 Å². The van der Waals surface area contributed by atoms with E-state index in [9.17, 15) is 8.42 Å². The van der Waals surface area contributed by atoms with Crippen molar-refractivity contribution in [3.8, 4) is 12.3 Å². The quantitative estimate of drug-likeness (QED) is 0.748. The second-order valence-electron chi connectivity index (χ2n) is 4.64. The van der Waals surface area contributed by atoms with Gasteiger partial charge in [-0.05, 0) is 46.6 Å². The number of nitrogens with zero attached hydrogens (tertiary/aromatic N) is 1. The number of terminal acetylenes is 1. The second-order valence-corrected chi connectivity index (χ2v) is 7.34. The number of rotatable bonds is 7. The zero-order chi connectivity index (χ0) is 16.0. The van der Waals surface area contributed by atoms with Gasteiger partial charge in [0.2, 0.25) is 10.0 Å². The van der Waals surface area contributed by atoms with Gasteiger partial charge in [-0.2, -0.15) is 4.31 Å². The van der Waals surface area contributed by atoms with Gasteiger partial charge in [0.05, 0.1) is 11.4 Å². The van der Waals surface area contributed by atoms with Gasteiger partial charge < -0.3 is 5.32 Å². The zero-order valence-corrected chi connectivity index (χ0v) is 15.0. The number of nitrogens with one attached hydrogen (secondary N) is 1. The molecule has 0 amide bonds. The SMILES string of the molecule is C#CCN(CC)S(=O)(=O)c1cc(CNCC)cc(C)c1Br. The fourth-order valence-electron chi connectivity index (χ4n) is 1.98. The van der Waals surface area contributed by atoms with Gasteiger partial charge in [0, 0.05) is 17.6 Å². The third-order valence-corrected chi connectivity index (χ3v) is 6.36. The van der Waals surface area contributed by atoms with Crippen molar-refractivity contribution in [3.05, 3.63) is 27.7 Å². The minimum absolute atomic E-state index is 0.0712. The Bertz CT molecular complexity index is 636. The van der Waals surface area contributed by atoms with E-state index in [1.807, 2.05) is 19.9 Å². The van der Waals surface area contributed by atoms with Crippen LogP contribution in [0.3, 0.4) is 0 Å². The van der Waals surface area contributed by atoms with Gasteiger partial charge in [0.15, 0.2) is 0 Å². The molecule has 1 aromatic carbocycles. The minimum Gasteiger partial charge on any atom is -0.313 e. The molecule has 0 aliphatic carbocycles. The lowest BCUT2D eigenvalue weighted by Crippen LogP contribution is -2.31. The van der Waals surface area contributed by atoms with Gasteiger partial charge in [-0.25, -0.2) is 8.42 Å². The number of sulfonamides is 1. The molecule has 6 heteroatoms. The normalized spacial score (nSPS) is 11.6. The van der Waals surface area contributed by atoms with Crippen LogP contribution in [0.2, 0.25) is 0 Å². The summed E-state index contributed by atoms with van der Waals surface area (Å²) in [7, 11) is -3.60. The molecule has 0 heterocycles. The topological polar surface area (TPSA) is 49.4 Å². The molecule has 4 nitrogen and oxygen atoms in total. The number of hydrogen-bond acceptors (Lipinski definition) is 3. The van der Waals surface area contributed by atoms with E-state index in [1.54, 1.807) is 13.0 Å². The molecule has 0 unspecified atom stereocenters. The Morgan fingerprint density at radius 1 is 1.38 bits per heavy atom. The van der Waals surface area contributed by atoms with E-state index in [-0.39, 0.29) is 11.4 Å². The van der Waals surface area contributed by atoms with Crippen molar-refractivity contribution in [2.75, 3.05) is 19.6 Å². The fourth-order valence-corrected chi connectivity index (χ4v) is 4.37. The lowest BCUT2D eigenvalue weighted by Gasteiger charge is -2.20. The summed E-state index contributed by atoms with van der Waals surface area (Å²) in [6, 6.07) is 3.68. The summed E-state index contributed by atoms with van der Waals surface area (Å²) in [5.41, 5.74) is 1.83. The molecule has 116 valence electrons. The summed E-state index contributed by atoms with van der Waals surface area (Å²) in [5.74, 6) is 2.40. The maximum atomic E-state index is 12.7. The highest BCUT2D eigenvalue weighted by Crippen LogP contribution is 2.29. The first-order chi connectivity index (χ1) is 9.88. The molecule has 1 aromatic rings.